The van der Waals surface area contributed by atoms with E-state index in [2.05, 4.69) is 4.90 Å². The summed E-state index contributed by atoms with van der Waals surface area (Å²) in [6.45, 7) is 2.72. The average molecular weight is 279 g/mol. The number of hydrogen-bond donors (Lipinski definition) is 1. The van der Waals surface area contributed by atoms with Crippen molar-refractivity contribution < 1.29 is 19.4 Å². The van der Waals surface area contributed by atoms with Crippen LogP contribution in [0.25, 0.3) is 0 Å². The molecule has 1 N–H and O–H groups in total. The summed E-state index contributed by atoms with van der Waals surface area (Å²) >= 11 is 0. The summed E-state index contributed by atoms with van der Waals surface area (Å²) < 4.78 is 10.4. The normalized spacial score (nSPS) is 17.1. The van der Waals surface area contributed by atoms with Gasteiger partial charge in [0.25, 0.3) is 0 Å². The second-order valence-corrected chi connectivity index (χ2v) is 5.05. The second-order valence-electron chi connectivity index (χ2n) is 5.05. The number of carbonyl (C=O) groups is 1. The van der Waals surface area contributed by atoms with Crippen LogP contribution < -0.4 is 4.74 Å². The molecule has 0 amide bonds. The minimum Gasteiger partial charge on any atom is -0.496 e. The highest BCUT2D eigenvalue weighted by molar-refractivity contribution is 5.91. The lowest BCUT2D eigenvalue weighted by Gasteiger charge is -2.31. The molecule has 0 atom stereocenters. The van der Waals surface area contributed by atoms with Gasteiger partial charge in [0.05, 0.1) is 13.2 Å². The maximum Gasteiger partial charge on any atom is 0.339 e. The van der Waals surface area contributed by atoms with Crippen LogP contribution in [0.1, 0.15) is 28.8 Å². The smallest absolute Gasteiger partial charge is 0.339 e. The van der Waals surface area contributed by atoms with Crippen LogP contribution in [0, 0.1) is 0 Å². The Bertz CT molecular complexity index is 467. The van der Waals surface area contributed by atoms with E-state index in [1.54, 1.807) is 19.2 Å². The van der Waals surface area contributed by atoms with Gasteiger partial charge in [-0.1, -0.05) is 6.07 Å². The molecule has 1 aliphatic rings. The Balaban J connectivity index is 2.03. The number of ether oxygens (including phenoxy) is 2. The number of nitrogens with zero attached hydrogens (tertiary/aromatic N) is 1. The molecule has 1 saturated heterocycles. The number of rotatable bonds is 5. The molecule has 110 valence electrons. The van der Waals surface area contributed by atoms with Gasteiger partial charge < -0.3 is 14.6 Å². The number of benzene rings is 1. The molecule has 0 unspecified atom stereocenters. The van der Waals surface area contributed by atoms with Crippen LogP contribution in [0.5, 0.6) is 5.75 Å². The number of methoxy groups -OCH3 is 2. The minimum atomic E-state index is -0.957. The van der Waals surface area contributed by atoms with Gasteiger partial charge in [-0.05, 0) is 30.5 Å². The fourth-order valence-corrected chi connectivity index (χ4v) is 2.58. The number of likely N-dealkylation sites (tertiary alicyclic amines) is 1. The van der Waals surface area contributed by atoms with E-state index in [1.807, 2.05) is 6.07 Å². The summed E-state index contributed by atoms with van der Waals surface area (Å²) in [5.41, 5.74) is 1.22. The van der Waals surface area contributed by atoms with Crippen molar-refractivity contribution in [1.29, 1.82) is 0 Å². The lowest BCUT2D eigenvalue weighted by Crippen LogP contribution is -2.36. The number of aromatic carboxylic acids is 1. The molecule has 1 aliphatic heterocycles. The molecule has 5 heteroatoms. The molecule has 2 rings (SSSR count). The molecule has 1 aromatic carbocycles. The van der Waals surface area contributed by atoms with Crippen molar-refractivity contribution in [1.82, 2.24) is 4.90 Å². The van der Waals surface area contributed by atoms with Crippen LogP contribution in [-0.2, 0) is 11.3 Å². The summed E-state index contributed by atoms with van der Waals surface area (Å²) in [5.74, 6) is -0.555. The Morgan fingerprint density at radius 1 is 1.35 bits per heavy atom. The fourth-order valence-electron chi connectivity index (χ4n) is 2.58. The quantitative estimate of drug-likeness (QED) is 0.893. The van der Waals surface area contributed by atoms with Gasteiger partial charge in [0, 0.05) is 26.7 Å². The maximum absolute atomic E-state index is 11.2. The second kappa shape index (κ2) is 6.72. The summed E-state index contributed by atoms with van der Waals surface area (Å²) in [7, 11) is 3.24. The zero-order valence-corrected chi connectivity index (χ0v) is 12.0. The van der Waals surface area contributed by atoms with E-state index in [9.17, 15) is 9.90 Å². The monoisotopic (exact) mass is 279 g/mol. The van der Waals surface area contributed by atoms with Crippen molar-refractivity contribution >= 4 is 5.97 Å². The number of hydrogen-bond acceptors (Lipinski definition) is 4. The Morgan fingerprint density at radius 2 is 2.05 bits per heavy atom. The minimum absolute atomic E-state index is 0.219. The van der Waals surface area contributed by atoms with Crippen molar-refractivity contribution in [2.75, 3.05) is 27.3 Å². The molecule has 0 bridgehead atoms. The number of carboxylic acids is 1. The van der Waals surface area contributed by atoms with Crippen LogP contribution in [0.4, 0.5) is 0 Å². The SMILES string of the molecule is COc1ccc(CN2CCC(OC)CC2)cc1C(=O)O. The largest absolute Gasteiger partial charge is 0.496 e. The highest BCUT2D eigenvalue weighted by Crippen LogP contribution is 2.22. The molecule has 0 aromatic heterocycles. The van der Waals surface area contributed by atoms with Gasteiger partial charge in [0.15, 0.2) is 0 Å². The van der Waals surface area contributed by atoms with Gasteiger partial charge in [-0.3, -0.25) is 4.90 Å². The summed E-state index contributed by atoms with van der Waals surface area (Å²) in [6, 6.07) is 5.35. The highest BCUT2D eigenvalue weighted by atomic mass is 16.5. The Morgan fingerprint density at radius 3 is 2.60 bits per heavy atom. The number of piperidine rings is 1. The van der Waals surface area contributed by atoms with E-state index in [4.69, 9.17) is 9.47 Å². The van der Waals surface area contributed by atoms with Gasteiger partial charge in [-0.25, -0.2) is 4.79 Å². The fraction of sp³-hybridized carbons (Fsp3) is 0.533. The van der Waals surface area contributed by atoms with Crippen LogP contribution in [-0.4, -0.2) is 49.4 Å². The Kier molecular flexibility index (Phi) is 4.98. The highest BCUT2D eigenvalue weighted by Gasteiger charge is 2.19. The maximum atomic E-state index is 11.2. The summed E-state index contributed by atoms with van der Waals surface area (Å²) in [4.78, 5) is 13.5. The van der Waals surface area contributed by atoms with Crippen molar-refractivity contribution in [3.05, 3.63) is 29.3 Å². The molecule has 1 fully saturated rings. The topological polar surface area (TPSA) is 59.0 Å². The predicted octanol–water partition coefficient (Wildman–Crippen LogP) is 2.00. The summed E-state index contributed by atoms with van der Waals surface area (Å²) in [5, 5.41) is 9.18. The molecular weight excluding hydrogens is 258 g/mol. The predicted molar refractivity (Wildman–Crippen MR) is 75.3 cm³/mol. The van der Waals surface area contributed by atoms with E-state index >= 15 is 0 Å². The van der Waals surface area contributed by atoms with Crippen LogP contribution in [0.3, 0.4) is 0 Å². The van der Waals surface area contributed by atoms with Crippen LogP contribution >= 0.6 is 0 Å². The first-order valence-corrected chi connectivity index (χ1v) is 6.79. The van der Waals surface area contributed by atoms with E-state index in [-0.39, 0.29) is 5.56 Å². The molecule has 1 aromatic rings. The van der Waals surface area contributed by atoms with Gasteiger partial charge in [-0.15, -0.1) is 0 Å². The molecule has 0 saturated carbocycles. The lowest BCUT2D eigenvalue weighted by molar-refractivity contribution is 0.0388. The first-order valence-electron chi connectivity index (χ1n) is 6.79. The molecule has 0 aliphatic carbocycles. The Hall–Kier alpha value is -1.59. The molecule has 5 nitrogen and oxygen atoms in total. The molecule has 0 radical (unpaired) electrons. The molecule has 1 heterocycles. The Labute approximate surface area is 119 Å². The van der Waals surface area contributed by atoms with Crippen LogP contribution in [0.2, 0.25) is 0 Å². The molecule has 20 heavy (non-hydrogen) atoms. The standard InChI is InChI=1S/C15H21NO4/c1-19-12-5-7-16(8-6-12)10-11-3-4-14(20-2)13(9-11)15(17)18/h3-4,9,12H,5-8,10H2,1-2H3,(H,17,18). The third kappa shape index (κ3) is 3.49. The third-order valence-electron chi connectivity index (χ3n) is 3.77. The molecular formula is C15H21NO4. The zero-order chi connectivity index (χ0) is 14.5. The van der Waals surface area contributed by atoms with Crippen molar-refractivity contribution in [3.8, 4) is 5.75 Å². The van der Waals surface area contributed by atoms with Crippen molar-refractivity contribution in [2.45, 2.75) is 25.5 Å². The van der Waals surface area contributed by atoms with Gasteiger partial charge in [0.2, 0.25) is 0 Å². The van der Waals surface area contributed by atoms with Gasteiger partial charge >= 0.3 is 5.97 Å². The van der Waals surface area contributed by atoms with E-state index in [0.29, 0.717) is 11.9 Å². The number of carboxylic acid groups (broad SMARTS) is 1. The van der Waals surface area contributed by atoms with Crippen LogP contribution in [0.15, 0.2) is 18.2 Å². The average Bonchev–Trinajstić information content (AvgIpc) is 2.48. The first kappa shape index (κ1) is 14.8. The van der Waals surface area contributed by atoms with Gasteiger partial charge in [-0.2, -0.15) is 0 Å². The summed E-state index contributed by atoms with van der Waals surface area (Å²) in [6.07, 6.45) is 2.41. The molecule has 0 spiro atoms. The lowest BCUT2D eigenvalue weighted by atomic mass is 10.1. The third-order valence-corrected chi connectivity index (χ3v) is 3.77. The van der Waals surface area contributed by atoms with E-state index < -0.39 is 5.97 Å². The first-order chi connectivity index (χ1) is 9.63. The van der Waals surface area contributed by atoms with E-state index in [0.717, 1.165) is 38.0 Å². The van der Waals surface area contributed by atoms with Crippen molar-refractivity contribution in [3.63, 3.8) is 0 Å². The van der Waals surface area contributed by atoms with E-state index in [1.165, 1.54) is 7.11 Å². The van der Waals surface area contributed by atoms with Crippen molar-refractivity contribution in [2.24, 2.45) is 0 Å². The van der Waals surface area contributed by atoms with Gasteiger partial charge in [0.1, 0.15) is 11.3 Å². The zero-order valence-electron chi connectivity index (χ0n) is 12.0.